The number of hydrogen-bond donors (Lipinski definition) is 1. The van der Waals surface area contributed by atoms with E-state index >= 15 is 0 Å². The van der Waals surface area contributed by atoms with E-state index < -0.39 is 0 Å². The SMILES string of the molecule is CC(C)NCC1(Cc2ccc(Br)cn2)CCCOC1. The van der Waals surface area contributed by atoms with Crippen molar-refractivity contribution in [3.63, 3.8) is 0 Å². The molecule has 1 atom stereocenters. The van der Waals surface area contributed by atoms with Crippen molar-refractivity contribution in [2.75, 3.05) is 19.8 Å². The summed E-state index contributed by atoms with van der Waals surface area (Å²) in [4.78, 5) is 4.51. The van der Waals surface area contributed by atoms with Gasteiger partial charge in [-0.1, -0.05) is 13.8 Å². The summed E-state index contributed by atoms with van der Waals surface area (Å²) >= 11 is 3.43. The number of hydrogen-bond acceptors (Lipinski definition) is 3. The Morgan fingerprint density at radius 2 is 2.32 bits per heavy atom. The molecule has 0 bridgehead atoms. The van der Waals surface area contributed by atoms with Crippen LogP contribution in [-0.2, 0) is 11.2 Å². The molecule has 0 spiro atoms. The van der Waals surface area contributed by atoms with Crippen molar-refractivity contribution in [2.24, 2.45) is 5.41 Å². The van der Waals surface area contributed by atoms with Gasteiger partial charge in [-0.2, -0.15) is 0 Å². The standard InChI is InChI=1S/C15H23BrN2O/c1-12(2)18-10-15(6-3-7-19-11-15)8-14-5-4-13(16)9-17-14/h4-5,9,12,18H,3,6-8,10-11H2,1-2H3. The van der Waals surface area contributed by atoms with Crippen molar-refractivity contribution < 1.29 is 4.74 Å². The Bertz CT molecular complexity index is 386. The van der Waals surface area contributed by atoms with Gasteiger partial charge in [-0.25, -0.2) is 0 Å². The zero-order valence-electron chi connectivity index (χ0n) is 11.8. The highest BCUT2D eigenvalue weighted by Crippen LogP contribution is 2.32. The van der Waals surface area contributed by atoms with Crippen molar-refractivity contribution in [1.82, 2.24) is 10.3 Å². The Balaban J connectivity index is 2.06. The van der Waals surface area contributed by atoms with Crippen molar-refractivity contribution in [1.29, 1.82) is 0 Å². The highest BCUT2D eigenvalue weighted by molar-refractivity contribution is 9.10. The number of nitrogens with zero attached hydrogens (tertiary/aromatic N) is 1. The Hall–Kier alpha value is -0.450. The van der Waals surface area contributed by atoms with Crippen molar-refractivity contribution in [3.8, 4) is 0 Å². The Morgan fingerprint density at radius 3 is 2.89 bits per heavy atom. The molecule has 106 valence electrons. The van der Waals surface area contributed by atoms with Gasteiger partial charge in [0, 0.05) is 41.0 Å². The largest absolute Gasteiger partial charge is 0.381 e. The van der Waals surface area contributed by atoms with Crippen LogP contribution in [0, 0.1) is 5.41 Å². The minimum absolute atomic E-state index is 0.198. The van der Waals surface area contributed by atoms with Gasteiger partial charge in [0.2, 0.25) is 0 Å². The average Bonchev–Trinajstić information content (AvgIpc) is 2.41. The average molecular weight is 327 g/mol. The molecule has 1 aromatic rings. The van der Waals surface area contributed by atoms with E-state index in [1.54, 1.807) is 0 Å². The van der Waals surface area contributed by atoms with E-state index in [-0.39, 0.29) is 5.41 Å². The molecule has 1 aromatic heterocycles. The van der Waals surface area contributed by atoms with E-state index in [2.05, 4.69) is 52.2 Å². The number of rotatable bonds is 5. The lowest BCUT2D eigenvalue weighted by molar-refractivity contribution is -0.00850. The molecular weight excluding hydrogens is 304 g/mol. The van der Waals surface area contributed by atoms with Crippen LogP contribution in [0.5, 0.6) is 0 Å². The maximum Gasteiger partial charge on any atom is 0.0538 e. The number of ether oxygens (including phenoxy) is 1. The van der Waals surface area contributed by atoms with Crippen LogP contribution >= 0.6 is 15.9 Å². The topological polar surface area (TPSA) is 34.2 Å². The lowest BCUT2D eigenvalue weighted by atomic mass is 9.78. The first-order chi connectivity index (χ1) is 9.10. The lowest BCUT2D eigenvalue weighted by Gasteiger charge is -2.37. The molecule has 0 saturated carbocycles. The summed E-state index contributed by atoms with van der Waals surface area (Å²) in [5.41, 5.74) is 1.35. The Kier molecular flexibility index (Phi) is 5.37. The predicted molar refractivity (Wildman–Crippen MR) is 81.3 cm³/mol. The number of aromatic nitrogens is 1. The second-order valence-corrected chi connectivity index (χ2v) is 6.75. The Labute approximate surface area is 124 Å². The summed E-state index contributed by atoms with van der Waals surface area (Å²) in [5.74, 6) is 0. The predicted octanol–water partition coefficient (Wildman–Crippen LogP) is 3.18. The van der Waals surface area contributed by atoms with E-state index in [0.717, 1.165) is 42.8 Å². The highest BCUT2D eigenvalue weighted by atomic mass is 79.9. The molecule has 1 fully saturated rings. The Morgan fingerprint density at radius 1 is 1.47 bits per heavy atom. The lowest BCUT2D eigenvalue weighted by Crippen LogP contribution is -2.44. The van der Waals surface area contributed by atoms with Crippen molar-refractivity contribution in [3.05, 3.63) is 28.5 Å². The normalized spacial score (nSPS) is 23.8. The zero-order chi connectivity index (χ0) is 13.7. The molecule has 1 aliphatic heterocycles. The molecule has 4 heteroatoms. The number of pyridine rings is 1. The summed E-state index contributed by atoms with van der Waals surface area (Å²) in [5, 5.41) is 3.57. The number of halogens is 1. The molecule has 1 saturated heterocycles. The third-order valence-electron chi connectivity index (χ3n) is 3.63. The van der Waals surface area contributed by atoms with Gasteiger partial charge in [-0.05, 0) is 47.3 Å². The second kappa shape index (κ2) is 6.82. The first kappa shape index (κ1) is 14.9. The van der Waals surface area contributed by atoms with Gasteiger partial charge in [-0.3, -0.25) is 4.98 Å². The molecule has 2 rings (SSSR count). The molecule has 1 unspecified atom stereocenters. The highest BCUT2D eigenvalue weighted by Gasteiger charge is 2.33. The van der Waals surface area contributed by atoms with Crippen LogP contribution in [0.2, 0.25) is 0 Å². The monoisotopic (exact) mass is 326 g/mol. The van der Waals surface area contributed by atoms with Gasteiger partial charge in [0.05, 0.1) is 6.61 Å². The molecule has 19 heavy (non-hydrogen) atoms. The van der Waals surface area contributed by atoms with Gasteiger partial charge in [0.25, 0.3) is 0 Å². The van der Waals surface area contributed by atoms with Crippen LogP contribution in [0.3, 0.4) is 0 Å². The van der Waals surface area contributed by atoms with Crippen LogP contribution in [0.4, 0.5) is 0 Å². The van der Waals surface area contributed by atoms with E-state index in [1.807, 2.05) is 6.20 Å². The van der Waals surface area contributed by atoms with E-state index in [4.69, 9.17) is 4.74 Å². The zero-order valence-corrected chi connectivity index (χ0v) is 13.4. The fraction of sp³-hybridized carbons (Fsp3) is 0.667. The van der Waals surface area contributed by atoms with Gasteiger partial charge in [0.1, 0.15) is 0 Å². The van der Waals surface area contributed by atoms with Gasteiger partial charge >= 0.3 is 0 Å². The van der Waals surface area contributed by atoms with E-state index in [1.165, 1.54) is 6.42 Å². The summed E-state index contributed by atoms with van der Waals surface area (Å²) < 4.78 is 6.77. The van der Waals surface area contributed by atoms with Gasteiger partial charge in [0.15, 0.2) is 0 Å². The molecule has 1 aliphatic rings. The van der Waals surface area contributed by atoms with E-state index in [9.17, 15) is 0 Å². The van der Waals surface area contributed by atoms with Crippen LogP contribution < -0.4 is 5.32 Å². The first-order valence-corrected chi connectivity index (χ1v) is 7.81. The second-order valence-electron chi connectivity index (χ2n) is 5.84. The summed E-state index contributed by atoms with van der Waals surface area (Å²) in [6, 6.07) is 4.68. The molecular formula is C15H23BrN2O. The quantitative estimate of drug-likeness (QED) is 0.902. The molecule has 0 aromatic carbocycles. The fourth-order valence-corrected chi connectivity index (χ4v) is 2.80. The van der Waals surface area contributed by atoms with Gasteiger partial charge in [-0.15, -0.1) is 0 Å². The summed E-state index contributed by atoms with van der Waals surface area (Å²) in [6.45, 7) is 7.12. The molecule has 0 radical (unpaired) electrons. The van der Waals surface area contributed by atoms with Crippen molar-refractivity contribution >= 4 is 15.9 Å². The third-order valence-corrected chi connectivity index (χ3v) is 4.10. The molecule has 0 amide bonds. The van der Waals surface area contributed by atoms with Crippen LogP contribution in [0.1, 0.15) is 32.4 Å². The van der Waals surface area contributed by atoms with Crippen molar-refractivity contribution in [2.45, 2.75) is 39.2 Å². The fourth-order valence-electron chi connectivity index (χ4n) is 2.57. The molecule has 2 heterocycles. The van der Waals surface area contributed by atoms with Gasteiger partial charge < -0.3 is 10.1 Å². The van der Waals surface area contributed by atoms with Crippen LogP contribution in [-0.4, -0.2) is 30.8 Å². The third kappa shape index (κ3) is 4.55. The summed E-state index contributed by atoms with van der Waals surface area (Å²) in [6.07, 6.45) is 5.23. The number of nitrogens with one attached hydrogen (secondary N) is 1. The minimum Gasteiger partial charge on any atom is -0.381 e. The maximum absolute atomic E-state index is 5.74. The van der Waals surface area contributed by atoms with Crippen LogP contribution in [0.15, 0.2) is 22.8 Å². The smallest absolute Gasteiger partial charge is 0.0538 e. The molecule has 1 N–H and O–H groups in total. The summed E-state index contributed by atoms with van der Waals surface area (Å²) in [7, 11) is 0. The molecule has 0 aliphatic carbocycles. The van der Waals surface area contributed by atoms with E-state index in [0.29, 0.717) is 6.04 Å². The maximum atomic E-state index is 5.74. The molecule has 3 nitrogen and oxygen atoms in total. The first-order valence-electron chi connectivity index (χ1n) is 7.01. The van der Waals surface area contributed by atoms with Crippen LogP contribution in [0.25, 0.3) is 0 Å². The minimum atomic E-state index is 0.198.